The lowest BCUT2D eigenvalue weighted by Crippen LogP contribution is -2.31. The minimum absolute atomic E-state index is 0.0274. The van der Waals surface area contributed by atoms with Gasteiger partial charge in [0, 0.05) is 24.3 Å². The summed E-state index contributed by atoms with van der Waals surface area (Å²) in [6, 6.07) is 20.4. The van der Waals surface area contributed by atoms with Crippen LogP contribution >= 0.6 is 11.8 Å². The maximum atomic E-state index is 13.6. The van der Waals surface area contributed by atoms with Gasteiger partial charge in [-0.3, -0.25) is 19.0 Å². The number of fused-ring (bicyclic) bond motifs is 1. The Balaban J connectivity index is 1.45. The van der Waals surface area contributed by atoms with Gasteiger partial charge in [0.2, 0.25) is 0 Å². The molecular weight excluding hydrogens is 510 g/mol. The predicted octanol–water partition coefficient (Wildman–Crippen LogP) is 4.95. The maximum absolute atomic E-state index is 13.6. The number of ether oxygens (including phenoxy) is 1. The first kappa shape index (κ1) is 26.8. The van der Waals surface area contributed by atoms with Crippen LogP contribution in [0.3, 0.4) is 0 Å². The normalized spacial score (nSPS) is 15.0. The number of benzene rings is 3. The Labute approximate surface area is 231 Å². The van der Waals surface area contributed by atoms with Crippen molar-refractivity contribution in [2.75, 3.05) is 18.9 Å². The predicted molar refractivity (Wildman–Crippen MR) is 154 cm³/mol. The number of amides is 1. The van der Waals surface area contributed by atoms with E-state index < -0.39 is 0 Å². The van der Waals surface area contributed by atoms with Crippen LogP contribution in [0.5, 0.6) is 0 Å². The van der Waals surface area contributed by atoms with Gasteiger partial charge in [-0.2, -0.15) is 0 Å². The number of hydrogen-bond acceptors (Lipinski definition) is 6. The summed E-state index contributed by atoms with van der Waals surface area (Å²) >= 11 is 1.24. The van der Waals surface area contributed by atoms with E-state index >= 15 is 0 Å². The number of carbonyl (C=O) groups is 2. The fraction of sp³-hybridized carbons (Fsp3) is 0.290. The Bertz CT molecular complexity index is 1580. The third kappa shape index (κ3) is 6.29. The van der Waals surface area contributed by atoms with Crippen molar-refractivity contribution in [3.8, 4) is 0 Å². The Kier molecular flexibility index (Phi) is 8.24. The Morgan fingerprint density at radius 3 is 2.64 bits per heavy atom. The summed E-state index contributed by atoms with van der Waals surface area (Å²) in [7, 11) is 0. The Hall–Kier alpha value is -3.75. The second-order valence-electron chi connectivity index (χ2n) is 9.88. The van der Waals surface area contributed by atoms with E-state index in [1.54, 1.807) is 22.8 Å². The van der Waals surface area contributed by atoms with Crippen LogP contribution in [0.1, 0.15) is 50.2 Å². The van der Waals surface area contributed by atoms with Crippen LogP contribution in [0.2, 0.25) is 0 Å². The zero-order valence-corrected chi connectivity index (χ0v) is 22.9. The highest BCUT2D eigenvalue weighted by Crippen LogP contribution is 2.22. The first-order chi connectivity index (χ1) is 18.9. The summed E-state index contributed by atoms with van der Waals surface area (Å²) in [6.45, 7) is 5.42. The van der Waals surface area contributed by atoms with E-state index in [9.17, 15) is 14.4 Å². The summed E-state index contributed by atoms with van der Waals surface area (Å²) in [5, 5.41) is 3.78. The lowest BCUT2D eigenvalue weighted by molar-refractivity contribution is 0.0857. The van der Waals surface area contributed by atoms with E-state index in [4.69, 9.17) is 9.72 Å². The number of nitrogens with zero attached hydrogens (tertiary/aromatic N) is 2. The zero-order chi connectivity index (χ0) is 27.4. The van der Waals surface area contributed by atoms with E-state index in [2.05, 4.69) is 5.32 Å². The molecule has 0 saturated carbocycles. The number of Topliss-reactive ketones (excluding diaryl/α,β-unsaturated/α-hetero) is 1. The van der Waals surface area contributed by atoms with Crippen molar-refractivity contribution in [3.05, 3.63) is 105 Å². The van der Waals surface area contributed by atoms with Crippen molar-refractivity contribution in [2.24, 2.45) is 0 Å². The molecule has 2 heterocycles. The number of aryl methyl sites for hydroxylation is 2. The average molecular weight is 542 g/mol. The van der Waals surface area contributed by atoms with Crippen LogP contribution in [-0.2, 0) is 11.3 Å². The summed E-state index contributed by atoms with van der Waals surface area (Å²) < 4.78 is 7.20. The summed E-state index contributed by atoms with van der Waals surface area (Å²) in [6.07, 6.45) is 1.97. The Morgan fingerprint density at radius 2 is 1.90 bits per heavy atom. The van der Waals surface area contributed by atoms with Gasteiger partial charge in [0.25, 0.3) is 11.5 Å². The van der Waals surface area contributed by atoms with Gasteiger partial charge in [-0.05, 0) is 56.0 Å². The van der Waals surface area contributed by atoms with E-state index in [1.807, 2.05) is 62.4 Å². The minimum atomic E-state index is -0.234. The fourth-order valence-electron chi connectivity index (χ4n) is 4.81. The van der Waals surface area contributed by atoms with Crippen LogP contribution < -0.4 is 10.9 Å². The number of rotatable bonds is 9. The molecule has 39 heavy (non-hydrogen) atoms. The monoisotopic (exact) mass is 541 g/mol. The number of ketones is 1. The molecule has 1 saturated heterocycles. The third-order valence-electron chi connectivity index (χ3n) is 6.89. The second-order valence-corrected chi connectivity index (χ2v) is 10.8. The van der Waals surface area contributed by atoms with Crippen LogP contribution in [-0.4, -0.2) is 46.2 Å². The highest BCUT2D eigenvalue weighted by Gasteiger charge is 2.19. The number of nitrogens with one attached hydrogen (secondary N) is 1. The van der Waals surface area contributed by atoms with Crippen molar-refractivity contribution in [1.29, 1.82) is 0 Å². The fourth-order valence-corrected chi connectivity index (χ4v) is 5.69. The topological polar surface area (TPSA) is 90.3 Å². The summed E-state index contributed by atoms with van der Waals surface area (Å²) in [5.41, 5.74) is 4.28. The van der Waals surface area contributed by atoms with Crippen molar-refractivity contribution in [3.63, 3.8) is 0 Å². The molecule has 1 N–H and O–H groups in total. The number of thioether (sulfide) groups is 1. The molecule has 7 nitrogen and oxygen atoms in total. The SMILES string of the molecule is Cc1ccc(C(=O)CSc2nc3cc(C(=O)NCC4CCCO4)ccc3c(=O)n2Cc2ccccc2)c(C)c1. The lowest BCUT2D eigenvalue weighted by Gasteiger charge is -2.14. The number of carbonyl (C=O) groups excluding carboxylic acids is 2. The van der Waals surface area contributed by atoms with Crippen LogP contribution in [0.25, 0.3) is 10.9 Å². The van der Waals surface area contributed by atoms with Gasteiger partial charge in [-0.15, -0.1) is 0 Å². The molecule has 5 rings (SSSR count). The highest BCUT2D eigenvalue weighted by molar-refractivity contribution is 7.99. The average Bonchev–Trinajstić information content (AvgIpc) is 3.46. The molecule has 1 amide bonds. The molecule has 0 aliphatic carbocycles. The van der Waals surface area contributed by atoms with Crippen molar-refractivity contribution < 1.29 is 14.3 Å². The lowest BCUT2D eigenvalue weighted by atomic mass is 10.0. The minimum Gasteiger partial charge on any atom is -0.376 e. The molecule has 200 valence electrons. The molecule has 1 aliphatic heterocycles. The Morgan fingerprint density at radius 1 is 1.08 bits per heavy atom. The third-order valence-corrected chi connectivity index (χ3v) is 7.87. The first-order valence-corrected chi connectivity index (χ1v) is 14.1. The molecule has 4 aromatic rings. The van der Waals surface area contributed by atoms with Gasteiger partial charge < -0.3 is 10.1 Å². The van der Waals surface area contributed by atoms with Crippen molar-refractivity contribution in [2.45, 2.75) is 44.5 Å². The second kappa shape index (κ2) is 12.0. The van der Waals surface area contributed by atoms with Gasteiger partial charge >= 0.3 is 0 Å². The molecule has 1 unspecified atom stereocenters. The van der Waals surface area contributed by atoms with Crippen LogP contribution in [0.15, 0.2) is 76.7 Å². The highest BCUT2D eigenvalue weighted by atomic mass is 32.2. The van der Waals surface area contributed by atoms with E-state index in [0.717, 1.165) is 36.1 Å². The van der Waals surface area contributed by atoms with Gasteiger partial charge in [0.05, 0.1) is 29.3 Å². The molecule has 3 aromatic carbocycles. The molecule has 0 bridgehead atoms. The van der Waals surface area contributed by atoms with Gasteiger partial charge in [0.15, 0.2) is 10.9 Å². The zero-order valence-electron chi connectivity index (χ0n) is 22.1. The quantitative estimate of drug-likeness (QED) is 0.183. The van der Waals surface area contributed by atoms with Crippen molar-refractivity contribution >= 4 is 34.4 Å². The molecular formula is C31H31N3O4S. The van der Waals surface area contributed by atoms with Crippen LogP contribution in [0, 0.1) is 13.8 Å². The first-order valence-electron chi connectivity index (χ1n) is 13.1. The number of hydrogen-bond donors (Lipinski definition) is 1. The van der Waals surface area contributed by atoms with Gasteiger partial charge in [-0.1, -0.05) is 65.9 Å². The van der Waals surface area contributed by atoms with E-state index in [-0.39, 0.29) is 29.1 Å². The molecule has 0 radical (unpaired) electrons. The molecule has 8 heteroatoms. The van der Waals surface area contributed by atoms with Crippen molar-refractivity contribution in [1.82, 2.24) is 14.9 Å². The summed E-state index contributed by atoms with van der Waals surface area (Å²) in [4.78, 5) is 44.3. The molecule has 1 atom stereocenters. The maximum Gasteiger partial charge on any atom is 0.262 e. The summed E-state index contributed by atoms with van der Waals surface area (Å²) in [5.74, 6) is -0.125. The standard InChI is InChI=1S/C31H31N3O4S/c1-20-10-12-25(21(2)15-20)28(35)19-39-31-33-27-16-23(29(36)32-17-24-9-6-14-38-24)11-13-26(27)30(37)34(31)18-22-7-4-3-5-8-22/h3-5,7-8,10-13,15-16,24H,6,9,14,17-19H2,1-2H3,(H,32,36). The number of aromatic nitrogens is 2. The molecule has 1 fully saturated rings. The smallest absolute Gasteiger partial charge is 0.262 e. The van der Waals surface area contributed by atoms with E-state index in [1.165, 1.54) is 11.8 Å². The van der Waals surface area contributed by atoms with Gasteiger partial charge in [0.1, 0.15) is 0 Å². The molecule has 1 aromatic heterocycles. The van der Waals surface area contributed by atoms with Gasteiger partial charge in [-0.25, -0.2) is 4.98 Å². The molecule has 1 aliphatic rings. The van der Waals surface area contributed by atoms with Crippen LogP contribution in [0.4, 0.5) is 0 Å². The largest absolute Gasteiger partial charge is 0.376 e. The molecule has 0 spiro atoms. The van der Waals surface area contributed by atoms with E-state index in [0.29, 0.717) is 40.3 Å².